The van der Waals surface area contributed by atoms with Crippen LogP contribution in [0, 0.1) is 0 Å². The van der Waals surface area contributed by atoms with Crippen LogP contribution >= 0.6 is 0 Å². The Hall–Kier alpha value is -0.940. The molecule has 4 nitrogen and oxygen atoms in total. The standard InChI is InChI=1S/C13H22N2O2/c1-17-8-7-15-10-13(16)12(14)9-11-5-3-2-4-6-11/h2-6,12-13,15-16H,7-10,14H2,1H3/t12?,13-/m0/s1. The third-order valence-electron chi connectivity index (χ3n) is 2.64. The highest BCUT2D eigenvalue weighted by molar-refractivity contribution is 5.16. The van der Waals surface area contributed by atoms with E-state index < -0.39 is 6.10 Å². The van der Waals surface area contributed by atoms with Crippen LogP contribution in [0.3, 0.4) is 0 Å². The smallest absolute Gasteiger partial charge is 0.0818 e. The number of ether oxygens (including phenoxy) is 1. The molecule has 1 aromatic carbocycles. The predicted molar refractivity (Wildman–Crippen MR) is 68.9 cm³/mol. The Labute approximate surface area is 103 Å². The zero-order valence-electron chi connectivity index (χ0n) is 10.3. The molecule has 1 rings (SSSR count). The molecule has 4 heteroatoms. The minimum atomic E-state index is -0.535. The van der Waals surface area contributed by atoms with Crippen molar-refractivity contribution in [3.05, 3.63) is 35.9 Å². The van der Waals surface area contributed by atoms with Crippen molar-refractivity contribution >= 4 is 0 Å². The van der Waals surface area contributed by atoms with Gasteiger partial charge in [-0.25, -0.2) is 0 Å². The first-order chi connectivity index (χ1) is 8.24. The van der Waals surface area contributed by atoms with Gasteiger partial charge in [0, 0.05) is 26.2 Å². The highest BCUT2D eigenvalue weighted by Gasteiger charge is 2.14. The van der Waals surface area contributed by atoms with Crippen LogP contribution in [0.2, 0.25) is 0 Å². The third-order valence-corrected chi connectivity index (χ3v) is 2.64. The first-order valence-corrected chi connectivity index (χ1v) is 5.91. The quantitative estimate of drug-likeness (QED) is 0.564. The van der Waals surface area contributed by atoms with Crippen LogP contribution in [0.1, 0.15) is 5.56 Å². The Morgan fingerprint density at radius 3 is 2.71 bits per heavy atom. The first kappa shape index (κ1) is 14.1. The van der Waals surface area contributed by atoms with Crippen LogP contribution in [0.15, 0.2) is 30.3 Å². The zero-order chi connectivity index (χ0) is 12.5. The minimum Gasteiger partial charge on any atom is -0.390 e. The average Bonchev–Trinajstić information content (AvgIpc) is 2.35. The summed E-state index contributed by atoms with van der Waals surface area (Å²) < 4.78 is 4.90. The van der Waals surface area contributed by atoms with Gasteiger partial charge in [-0.15, -0.1) is 0 Å². The molecular weight excluding hydrogens is 216 g/mol. The molecule has 0 heterocycles. The largest absolute Gasteiger partial charge is 0.390 e. The van der Waals surface area contributed by atoms with Gasteiger partial charge in [-0.3, -0.25) is 0 Å². The Morgan fingerprint density at radius 1 is 1.35 bits per heavy atom. The summed E-state index contributed by atoms with van der Waals surface area (Å²) in [6.45, 7) is 1.86. The number of nitrogens with one attached hydrogen (secondary N) is 1. The number of methoxy groups -OCH3 is 1. The molecule has 0 aliphatic heterocycles. The Kier molecular flexibility index (Phi) is 6.81. The van der Waals surface area contributed by atoms with Crippen molar-refractivity contribution in [2.24, 2.45) is 5.73 Å². The van der Waals surface area contributed by atoms with Crippen LogP contribution in [0.5, 0.6) is 0 Å². The molecule has 2 atom stereocenters. The van der Waals surface area contributed by atoms with Crippen molar-refractivity contribution in [3.63, 3.8) is 0 Å². The van der Waals surface area contributed by atoms with Gasteiger partial charge in [0.25, 0.3) is 0 Å². The Morgan fingerprint density at radius 2 is 2.06 bits per heavy atom. The normalized spacial score (nSPS) is 14.5. The number of aliphatic hydroxyl groups is 1. The van der Waals surface area contributed by atoms with E-state index in [-0.39, 0.29) is 6.04 Å². The van der Waals surface area contributed by atoms with E-state index in [0.717, 1.165) is 12.1 Å². The Balaban J connectivity index is 2.24. The van der Waals surface area contributed by atoms with Gasteiger partial charge >= 0.3 is 0 Å². The molecule has 0 bridgehead atoms. The van der Waals surface area contributed by atoms with Gasteiger partial charge in [0.1, 0.15) is 0 Å². The maximum atomic E-state index is 9.85. The molecule has 1 aromatic rings. The van der Waals surface area contributed by atoms with E-state index in [9.17, 15) is 5.11 Å². The van der Waals surface area contributed by atoms with Gasteiger partial charge in [-0.05, 0) is 12.0 Å². The van der Waals surface area contributed by atoms with Gasteiger partial charge in [0.15, 0.2) is 0 Å². The molecule has 4 N–H and O–H groups in total. The molecule has 0 saturated carbocycles. The molecule has 1 unspecified atom stereocenters. The van der Waals surface area contributed by atoms with Crippen LogP contribution in [-0.4, -0.2) is 44.1 Å². The molecule has 0 aromatic heterocycles. The van der Waals surface area contributed by atoms with Gasteiger partial charge in [0.2, 0.25) is 0 Å². The van der Waals surface area contributed by atoms with Crippen LogP contribution in [-0.2, 0) is 11.2 Å². The monoisotopic (exact) mass is 238 g/mol. The molecule has 0 amide bonds. The number of rotatable bonds is 8. The molecule has 0 fully saturated rings. The summed E-state index contributed by atoms with van der Waals surface area (Å²) >= 11 is 0. The summed E-state index contributed by atoms with van der Waals surface area (Å²) in [6, 6.07) is 9.72. The number of benzene rings is 1. The van der Waals surface area contributed by atoms with Crippen molar-refractivity contribution in [2.75, 3.05) is 26.8 Å². The van der Waals surface area contributed by atoms with Gasteiger partial charge in [-0.1, -0.05) is 30.3 Å². The third kappa shape index (κ3) is 5.79. The van der Waals surface area contributed by atoms with Crippen LogP contribution in [0.4, 0.5) is 0 Å². The van der Waals surface area contributed by atoms with E-state index >= 15 is 0 Å². The lowest BCUT2D eigenvalue weighted by Gasteiger charge is -2.19. The summed E-state index contributed by atoms with van der Waals surface area (Å²) in [5, 5.41) is 12.9. The van der Waals surface area contributed by atoms with E-state index in [2.05, 4.69) is 5.32 Å². The minimum absolute atomic E-state index is 0.243. The number of hydrogen-bond donors (Lipinski definition) is 3. The lowest BCUT2D eigenvalue weighted by atomic mass is 10.0. The van der Waals surface area contributed by atoms with Gasteiger partial charge in [0.05, 0.1) is 12.7 Å². The number of hydrogen-bond acceptors (Lipinski definition) is 4. The molecule has 0 aliphatic rings. The summed E-state index contributed by atoms with van der Waals surface area (Å²) in [5.74, 6) is 0. The van der Waals surface area contributed by atoms with Crippen molar-refractivity contribution < 1.29 is 9.84 Å². The van der Waals surface area contributed by atoms with Crippen molar-refractivity contribution in [3.8, 4) is 0 Å². The molecule has 96 valence electrons. The van der Waals surface area contributed by atoms with E-state index in [1.807, 2.05) is 30.3 Å². The number of nitrogens with two attached hydrogens (primary N) is 1. The second-order valence-corrected chi connectivity index (χ2v) is 4.12. The zero-order valence-corrected chi connectivity index (χ0v) is 10.3. The molecule has 0 aliphatic carbocycles. The van der Waals surface area contributed by atoms with E-state index in [1.54, 1.807) is 7.11 Å². The molecule has 0 saturated heterocycles. The van der Waals surface area contributed by atoms with Crippen LogP contribution in [0.25, 0.3) is 0 Å². The fourth-order valence-corrected chi connectivity index (χ4v) is 1.60. The van der Waals surface area contributed by atoms with Gasteiger partial charge < -0.3 is 20.9 Å². The SMILES string of the molecule is COCCNC[C@H](O)C(N)Cc1ccccc1. The van der Waals surface area contributed by atoms with E-state index in [0.29, 0.717) is 19.6 Å². The summed E-state index contributed by atoms with van der Waals surface area (Å²) in [5.41, 5.74) is 7.09. The van der Waals surface area contributed by atoms with E-state index in [4.69, 9.17) is 10.5 Å². The average molecular weight is 238 g/mol. The summed E-state index contributed by atoms with van der Waals surface area (Å²) in [7, 11) is 1.65. The topological polar surface area (TPSA) is 67.5 Å². The predicted octanol–water partition coefficient (Wildman–Crippen LogP) is 0.153. The molecule has 0 radical (unpaired) electrons. The summed E-state index contributed by atoms with van der Waals surface area (Å²) in [4.78, 5) is 0. The fraction of sp³-hybridized carbons (Fsp3) is 0.538. The summed E-state index contributed by atoms with van der Waals surface area (Å²) in [6.07, 6.45) is 0.153. The highest BCUT2D eigenvalue weighted by Crippen LogP contribution is 2.04. The van der Waals surface area contributed by atoms with Gasteiger partial charge in [-0.2, -0.15) is 0 Å². The second-order valence-electron chi connectivity index (χ2n) is 4.12. The molecule has 0 spiro atoms. The van der Waals surface area contributed by atoms with Crippen molar-refractivity contribution in [1.82, 2.24) is 5.32 Å². The maximum Gasteiger partial charge on any atom is 0.0818 e. The second kappa shape index (κ2) is 8.20. The van der Waals surface area contributed by atoms with E-state index in [1.165, 1.54) is 0 Å². The molecule has 17 heavy (non-hydrogen) atoms. The fourth-order valence-electron chi connectivity index (χ4n) is 1.60. The van der Waals surface area contributed by atoms with Crippen molar-refractivity contribution in [2.45, 2.75) is 18.6 Å². The van der Waals surface area contributed by atoms with Crippen LogP contribution < -0.4 is 11.1 Å². The first-order valence-electron chi connectivity index (χ1n) is 5.91. The lowest BCUT2D eigenvalue weighted by molar-refractivity contribution is 0.135. The maximum absolute atomic E-state index is 9.85. The van der Waals surface area contributed by atoms with Crippen molar-refractivity contribution in [1.29, 1.82) is 0 Å². The lowest BCUT2D eigenvalue weighted by Crippen LogP contribution is -2.43. The molecular formula is C13H22N2O2. The number of aliphatic hydroxyl groups excluding tert-OH is 1. The highest BCUT2D eigenvalue weighted by atomic mass is 16.5. The Bertz CT molecular complexity index is 293.